The average Bonchev–Trinajstić information content (AvgIpc) is 3.42. The van der Waals surface area contributed by atoms with Gasteiger partial charge in [-0.1, -0.05) is 0 Å². The van der Waals surface area contributed by atoms with Gasteiger partial charge in [0.2, 0.25) is 5.95 Å². The number of ether oxygens (including phenoxy) is 1. The number of nitrogens with two attached hydrogens (primary N) is 1. The SMILES string of the molecule is Cc1cc(C(=O)N2C[C@H]3C[C@@H](N(C)C)[C@H](OCC4CC4)C[C@H]3C2)nc(N)n1.O=CO. The van der Waals surface area contributed by atoms with Crippen LogP contribution in [0.4, 0.5) is 5.95 Å². The van der Waals surface area contributed by atoms with Gasteiger partial charge in [-0.15, -0.1) is 0 Å². The van der Waals surface area contributed by atoms with Crippen LogP contribution < -0.4 is 5.73 Å². The van der Waals surface area contributed by atoms with Crippen molar-refractivity contribution in [3.63, 3.8) is 0 Å². The van der Waals surface area contributed by atoms with Crippen molar-refractivity contribution < 1.29 is 19.4 Å². The second-order valence-corrected chi connectivity index (χ2v) is 8.91. The third-order valence-electron chi connectivity index (χ3n) is 6.37. The number of fused-ring (bicyclic) bond motifs is 1. The number of carboxylic acid groups (broad SMARTS) is 1. The molecular formula is C21H33N5O4. The van der Waals surface area contributed by atoms with Crippen LogP contribution in [0.5, 0.6) is 0 Å². The van der Waals surface area contributed by atoms with E-state index in [1.165, 1.54) is 12.8 Å². The zero-order chi connectivity index (χ0) is 21.8. The van der Waals surface area contributed by atoms with Crippen molar-refractivity contribution >= 4 is 18.3 Å². The first-order chi connectivity index (χ1) is 14.3. The number of nitrogens with zero attached hydrogens (tertiary/aromatic N) is 4. The van der Waals surface area contributed by atoms with E-state index in [4.69, 9.17) is 20.4 Å². The Morgan fingerprint density at radius 3 is 2.50 bits per heavy atom. The van der Waals surface area contributed by atoms with E-state index in [1.54, 1.807) is 6.07 Å². The number of hydrogen-bond donors (Lipinski definition) is 2. The zero-order valence-electron chi connectivity index (χ0n) is 18.0. The predicted molar refractivity (Wildman–Crippen MR) is 112 cm³/mol. The fourth-order valence-electron chi connectivity index (χ4n) is 4.69. The molecule has 9 heteroatoms. The van der Waals surface area contributed by atoms with Gasteiger partial charge in [0.05, 0.1) is 6.10 Å². The number of hydrogen-bond acceptors (Lipinski definition) is 7. The number of aryl methyl sites for hydroxylation is 1. The Morgan fingerprint density at radius 1 is 1.30 bits per heavy atom. The van der Waals surface area contributed by atoms with Crippen molar-refractivity contribution in [2.75, 3.05) is 39.5 Å². The molecule has 2 saturated carbocycles. The molecule has 1 aromatic rings. The summed E-state index contributed by atoms with van der Waals surface area (Å²) in [5.74, 6) is 1.95. The van der Waals surface area contributed by atoms with Crippen molar-refractivity contribution in [1.82, 2.24) is 19.8 Å². The van der Waals surface area contributed by atoms with E-state index in [-0.39, 0.29) is 24.4 Å². The van der Waals surface area contributed by atoms with Crippen LogP contribution in [0.25, 0.3) is 0 Å². The lowest BCUT2D eigenvalue weighted by molar-refractivity contribution is -0.122. The molecule has 4 atom stereocenters. The van der Waals surface area contributed by atoms with Crippen LogP contribution in [0.1, 0.15) is 41.9 Å². The summed E-state index contributed by atoms with van der Waals surface area (Å²) in [5.41, 5.74) is 6.86. The Hall–Kier alpha value is -2.26. The second kappa shape index (κ2) is 9.70. The summed E-state index contributed by atoms with van der Waals surface area (Å²) in [4.78, 5) is 33.8. The quantitative estimate of drug-likeness (QED) is 0.685. The van der Waals surface area contributed by atoms with Gasteiger partial charge in [0.1, 0.15) is 5.69 Å². The maximum atomic E-state index is 13.0. The molecule has 1 amide bonds. The third kappa shape index (κ3) is 5.46. The highest BCUT2D eigenvalue weighted by molar-refractivity contribution is 5.92. The molecule has 30 heavy (non-hydrogen) atoms. The molecule has 4 rings (SSSR count). The smallest absolute Gasteiger partial charge is 0.290 e. The second-order valence-electron chi connectivity index (χ2n) is 8.91. The Bertz CT molecular complexity index is 735. The van der Waals surface area contributed by atoms with Crippen molar-refractivity contribution in [2.24, 2.45) is 17.8 Å². The van der Waals surface area contributed by atoms with Crippen LogP contribution in [-0.4, -0.2) is 83.2 Å². The molecule has 0 aromatic carbocycles. The fourth-order valence-corrected chi connectivity index (χ4v) is 4.69. The molecule has 1 saturated heterocycles. The van der Waals surface area contributed by atoms with Gasteiger partial charge in [-0.25, -0.2) is 9.97 Å². The number of carbonyl (C=O) groups excluding carboxylic acids is 1. The van der Waals surface area contributed by atoms with Crippen LogP contribution in [0.15, 0.2) is 6.07 Å². The lowest BCUT2D eigenvalue weighted by Crippen LogP contribution is -2.48. The van der Waals surface area contributed by atoms with Gasteiger partial charge in [-0.05, 0) is 70.5 Å². The van der Waals surface area contributed by atoms with E-state index in [9.17, 15) is 4.79 Å². The van der Waals surface area contributed by atoms with Crippen LogP contribution in [0.3, 0.4) is 0 Å². The highest BCUT2D eigenvalue weighted by Crippen LogP contribution is 2.40. The topological polar surface area (TPSA) is 122 Å². The molecule has 166 valence electrons. The highest BCUT2D eigenvalue weighted by Gasteiger charge is 2.45. The van der Waals surface area contributed by atoms with Crippen LogP contribution in [0.2, 0.25) is 0 Å². The Labute approximate surface area is 177 Å². The average molecular weight is 420 g/mol. The minimum Gasteiger partial charge on any atom is -0.483 e. The number of nitrogen functional groups attached to an aromatic ring is 1. The van der Waals surface area contributed by atoms with Gasteiger partial charge in [0.15, 0.2) is 0 Å². The largest absolute Gasteiger partial charge is 0.483 e. The van der Waals surface area contributed by atoms with Crippen LogP contribution >= 0.6 is 0 Å². The van der Waals surface area contributed by atoms with Crippen molar-refractivity contribution in [3.8, 4) is 0 Å². The standard InChI is InChI=1S/C20H31N5O2.CH2O2/c1-12-6-16(23-20(21)22-12)19(26)25-9-14-7-17(24(2)3)18(8-15(14)10-25)27-11-13-4-5-13;2-1-3/h6,13-15,17-18H,4-5,7-11H2,1-3H3,(H2,21,22,23);1H,(H,2,3)/t14-,15+,17-,18-;/m1./s1. The molecule has 2 heterocycles. The Morgan fingerprint density at radius 2 is 1.93 bits per heavy atom. The predicted octanol–water partition coefficient (Wildman–Crippen LogP) is 1.28. The summed E-state index contributed by atoms with van der Waals surface area (Å²) in [6.45, 7) is 4.07. The monoisotopic (exact) mass is 419 g/mol. The molecule has 1 aliphatic heterocycles. The van der Waals surface area contributed by atoms with Gasteiger partial charge >= 0.3 is 0 Å². The molecule has 0 unspecified atom stereocenters. The zero-order valence-corrected chi connectivity index (χ0v) is 18.0. The molecule has 1 aromatic heterocycles. The first-order valence-electron chi connectivity index (χ1n) is 10.6. The molecule has 0 spiro atoms. The molecule has 9 nitrogen and oxygen atoms in total. The number of rotatable bonds is 5. The van der Waals surface area contributed by atoms with Crippen LogP contribution in [-0.2, 0) is 9.53 Å². The lowest BCUT2D eigenvalue weighted by Gasteiger charge is -2.41. The minimum absolute atomic E-state index is 0.0292. The van der Waals surface area contributed by atoms with Gasteiger partial charge in [0, 0.05) is 31.4 Å². The summed E-state index contributed by atoms with van der Waals surface area (Å²) in [6.07, 6.45) is 5.02. The molecular weight excluding hydrogens is 386 g/mol. The maximum absolute atomic E-state index is 13.0. The molecule has 0 radical (unpaired) electrons. The summed E-state index contributed by atoms with van der Waals surface area (Å²) < 4.78 is 6.32. The lowest BCUT2D eigenvalue weighted by atomic mass is 9.77. The number of amides is 1. The van der Waals surface area contributed by atoms with E-state index in [0.717, 1.165) is 44.1 Å². The summed E-state index contributed by atoms with van der Waals surface area (Å²) in [7, 11) is 4.28. The molecule has 2 aliphatic carbocycles. The van der Waals surface area contributed by atoms with Crippen molar-refractivity contribution in [1.29, 1.82) is 0 Å². The first-order valence-corrected chi connectivity index (χ1v) is 10.6. The van der Waals surface area contributed by atoms with Crippen LogP contribution in [0, 0.1) is 24.7 Å². The summed E-state index contributed by atoms with van der Waals surface area (Å²) in [5, 5.41) is 6.89. The number of carbonyl (C=O) groups is 2. The third-order valence-corrected chi connectivity index (χ3v) is 6.37. The number of anilines is 1. The Balaban J connectivity index is 0.000000806. The van der Waals surface area contributed by atoms with Crippen molar-refractivity contribution in [2.45, 2.75) is 44.8 Å². The van der Waals surface area contributed by atoms with E-state index >= 15 is 0 Å². The fraction of sp³-hybridized carbons (Fsp3) is 0.714. The number of likely N-dealkylation sites (N-methyl/N-ethyl adjacent to an activating group) is 1. The van der Waals surface area contributed by atoms with Gasteiger partial charge in [-0.2, -0.15) is 0 Å². The normalized spacial score (nSPS) is 27.9. The van der Waals surface area contributed by atoms with Gasteiger partial charge in [-0.3, -0.25) is 9.59 Å². The molecule has 3 N–H and O–H groups in total. The first kappa shape index (κ1) is 22.4. The van der Waals surface area contributed by atoms with E-state index in [2.05, 4.69) is 29.0 Å². The number of aromatic nitrogens is 2. The van der Waals surface area contributed by atoms with Gasteiger partial charge in [0.25, 0.3) is 12.4 Å². The van der Waals surface area contributed by atoms with E-state index in [1.807, 2.05) is 11.8 Å². The maximum Gasteiger partial charge on any atom is 0.290 e. The highest BCUT2D eigenvalue weighted by atomic mass is 16.5. The van der Waals surface area contributed by atoms with Gasteiger partial charge < -0.3 is 25.4 Å². The summed E-state index contributed by atoms with van der Waals surface area (Å²) >= 11 is 0. The molecule has 0 bridgehead atoms. The van der Waals surface area contributed by atoms with E-state index < -0.39 is 0 Å². The van der Waals surface area contributed by atoms with Crippen molar-refractivity contribution in [3.05, 3.63) is 17.5 Å². The minimum atomic E-state index is -0.250. The van der Waals surface area contributed by atoms with E-state index in [0.29, 0.717) is 23.6 Å². The number of likely N-dealkylation sites (tertiary alicyclic amines) is 1. The Kier molecular flexibility index (Phi) is 7.25. The summed E-state index contributed by atoms with van der Waals surface area (Å²) in [6, 6.07) is 2.15. The molecule has 3 fully saturated rings. The molecule has 3 aliphatic rings.